The van der Waals surface area contributed by atoms with Gasteiger partial charge in [0, 0.05) is 13.2 Å². The summed E-state index contributed by atoms with van der Waals surface area (Å²) < 4.78 is 1.85. The molecule has 5 heteroatoms. The molecule has 1 aliphatic rings. The first kappa shape index (κ1) is 18.2. The molecule has 0 spiro atoms. The molecule has 1 saturated heterocycles. The number of nitrogens with one attached hydrogen (secondary N) is 2. The van der Waals surface area contributed by atoms with Crippen molar-refractivity contribution < 1.29 is 4.79 Å². The van der Waals surface area contributed by atoms with Crippen molar-refractivity contribution in [3.63, 3.8) is 0 Å². The van der Waals surface area contributed by atoms with E-state index < -0.39 is 0 Å². The molecule has 0 unspecified atom stereocenters. The summed E-state index contributed by atoms with van der Waals surface area (Å²) in [5, 5.41) is 10.5. The molecule has 2 aromatic rings. The number of nitrogens with zero attached hydrogens (tertiary/aromatic N) is 2. The van der Waals surface area contributed by atoms with Crippen molar-refractivity contribution in [2.24, 2.45) is 7.05 Å². The summed E-state index contributed by atoms with van der Waals surface area (Å²) >= 11 is 0. The number of aryl methyl sites for hydroxylation is 1. The highest BCUT2D eigenvalue weighted by Gasteiger charge is 2.23. The molecule has 0 aliphatic carbocycles. The van der Waals surface area contributed by atoms with E-state index in [9.17, 15) is 4.79 Å². The van der Waals surface area contributed by atoms with Gasteiger partial charge in [-0.25, -0.2) is 0 Å². The van der Waals surface area contributed by atoms with Gasteiger partial charge in [0.1, 0.15) is 0 Å². The molecule has 1 aromatic carbocycles. The van der Waals surface area contributed by atoms with E-state index >= 15 is 0 Å². The first-order valence-electron chi connectivity index (χ1n) is 8.77. The summed E-state index contributed by atoms with van der Waals surface area (Å²) in [5.74, 6) is 0.0979. The average Bonchev–Trinajstić information content (AvgIpc) is 3.28. The highest BCUT2D eigenvalue weighted by molar-refractivity contribution is 5.82. The van der Waals surface area contributed by atoms with Gasteiger partial charge in [0.25, 0.3) is 0 Å². The minimum absolute atomic E-state index is 0.00971. The molecule has 1 amide bonds. The number of hydrogen-bond acceptors (Lipinski definition) is 3. The zero-order valence-corrected chi connectivity index (χ0v) is 15.0. The fourth-order valence-electron chi connectivity index (χ4n) is 2.91. The van der Waals surface area contributed by atoms with Gasteiger partial charge in [0.2, 0.25) is 5.91 Å². The van der Waals surface area contributed by atoms with Gasteiger partial charge in [0.05, 0.1) is 17.8 Å². The molecule has 2 atom stereocenters. The lowest BCUT2D eigenvalue weighted by molar-refractivity contribution is -0.123. The Labute approximate surface area is 144 Å². The van der Waals surface area contributed by atoms with Crippen molar-refractivity contribution in [1.29, 1.82) is 0 Å². The topological polar surface area (TPSA) is 59.0 Å². The normalized spacial score (nSPS) is 17.8. The van der Waals surface area contributed by atoms with Crippen LogP contribution in [0, 0.1) is 0 Å². The summed E-state index contributed by atoms with van der Waals surface area (Å²) in [6.07, 6.45) is 3.80. The highest BCUT2D eigenvalue weighted by Crippen LogP contribution is 2.21. The number of aromatic nitrogens is 2. The van der Waals surface area contributed by atoms with E-state index in [1.807, 2.05) is 38.6 Å². The van der Waals surface area contributed by atoms with E-state index in [1.165, 1.54) is 0 Å². The average molecular weight is 328 g/mol. The van der Waals surface area contributed by atoms with E-state index in [-0.39, 0.29) is 18.0 Å². The molecule has 130 valence electrons. The van der Waals surface area contributed by atoms with Crippen LogP contribution in [-0.4, -0.2) is 28.3 Å². The van der Waals surface area contributed by atoms with Gasteiger partial charge >= 0.3 is 0 Å². The smallest absolute Gasteiger partial charge is 0.237 e. The monoisotopic (exact) mass is 328 g/mol. The third-order valence-electron chi connectivity index (χ3n) is 4.26. The lowest BCUT2D eigenvalue weighted by Gasteiger charge is -2.18. The maximum absolute atomic E-state index is 12.1. The Kier molecular flexibility index (Phi) is 6.55. The largest absolute Gasteiger partial charge is 0.348 e. The van der Waals surface area contributed by atoms with Crippen LogP contribution in [-0.2, 0) is 11.8 Å². The molecule has 2 N–H and O–H groups in total. The first-order chi connectivity index (χ1) is 11.6. The van der Waals surface area contributed by atoms with Crippen LogP contribution >= 0.6 is 0 Å². The van der Waals surface area contributed by atoms with E-state index in [1.54, 1.807) is 6.20 Å². The molecule has 3 rings (SSSR count). The van der Waals surface area contributed by atoms with Crippen LogP contribution < -0.4 is 10.6 Å². The van der Waals surface area contributed by atoms with E-state index in [2.05, 4.69) is 40.0 Å². The zero-order valence-electron chi connectivity index (χ0n) is 15.0. The van der Waals surface area contributed by atoms with Gasteiger partial charge in [0.15, 0.2) is 0 Å². The lowest BCUT2D eigenvalue weighted by Crippen LogP contribution is -2.41. The molecule has 0 bridgehead atoms. The third-order valence-corrected chi connectivity index (χ3v) is 4.26. The fourth-order valence-corrected chi connectivity index (χ4v) is 2.91. The predicted octanol–water partition coefficient (Wildman–Crippen LogP) is 3.04. The van der Waals surface area contributed by atoms with Crippen LogP contribution in [0.15, 0.2) is 36.5 Å². The molecule has 0 radical (unpaired) electrons. The predicted molar refractivity (Wildman–Crippen MR) is 97.6 cm³/mol. The second kappa shape index (κ2) is 8.64. The summed E-state index contributed by atoms with van der Waals surface area (Å²) in [4.78, 5) is 12.1. The summed E-state index contributed by atoms with van der Waals surface area (Å²) in [5.41, 5.74) is 3.32. The first-order valence-corrected chi connectivity index (χ1v) is 8.77. The number of carbonyl (C=O) groups is 1. The van der Waals surface area contributed by atoms with Crippen LogP contribution in [0.5, 0.6) is 0 Å². The van der Waals surface area contributed by atoms with Crippen molar-refractivity contribution in [2.45, 2.75) is 45.7 Å². The number of rotatable bonds is 4. The number of amides is 1. The number of carbonyl (C=O) groups excluding carboxylic acids is 1. The van der Waals surface area contributed by atoms with E-state index in [0.717, 1.165) is 36.2 Å². The van der Waals surface area contributed by atoms with Crippen molar-refractivity contribution >= 4 is 5.91 Å². The molecule has 1 aliphatic heterocycles. The SMILES string of the molecule is CC.C[C@H](NC(=O)[C@@H]1CCCN1)c1ccc(-c2ccnn2C)cc1. The summed E-state index contributed by atoms with van der Waals surface area (Å²) in [6, 6.07) is 10.2. The Morgan fingerprint density at radius 3 is 2.54 bits per heavy atom. The molecule has 5 nitrogen and oxygen atoms in total. The lowest BCUT2D eigenvalue weighted by atomic mass is 10.0. The van der Waals surface area contributed by atoms with Crippen LogP contribution in [0.2, 0.25) is 0 Å². The van der Waals surface area contributed by atoms with Crippen molar-refractivity contribution in [3.8, 4) is 11.3 Å². The molecule has 1 fully saturated rings. The van der Waals surface area contributed by atoms with Gasteiger partial charge in [-0.3, -0.25) is 9.48 Å². The van der Waals surface area contributed by atoms with Crippen molar-refractivity contribution in [1.82, 2.24) is 20.4 Å². The second-order valence-electron chi connectivity index (χ2n) is 5.84. The quantitative estimate of drug-likeness (QED) is 0.907. The maximum atomic E-state index is 12.1. The standard InChI is InChI=1S/C17H22N4O.C2H6/c1-12(20-17(22)15-4-3-10-18-15)13-5-7-14(8-6-13)16-9-11-19-21(16)2;1-2/h5-9,11-12,15,18H,3-4,10H2,1-2H3,(H,20,22);1-2H3/t12-,15-;/m0./s1. The van der Waals surface area contributed by atoms with Gasteiger partial charge in [-0.2, -0.15) is 5.10 Å². The molecule has 0 saturated carbocycles. The van der Waals surface area contributed by atoms with E-state index in [0.29, 0.717) is 0 Å². The third kappa shape index (κ3) is 4.23. The Hall–Kier alpha value is -2.14. The van der Waals surface area contributed by atoms with Crippen molar-refractivity contribution in [2.75, 3.05) is 6.54 Å². The molecule has 2 heterocycles. The van der Waals surface area contributed by atoms with Crippen molar-refractivity contribution in [3.05, 3.63) is 42.1 Å². The summed E-state index contributed by atoms with van der Waals surface area (Å²) in [7, 11) is 1.93. The van der Waals surface area contributed by atoms with Gasteiger partial charge in [-0.1, -0.05) is 38.1 Å². The molecular weight excluding hydrogens is 300 g/mol. The Morgan fingerprint density at radius 2 is 2.00 bits per heavy atom. The highest BCUT2D eigenvalue weighted by atomic mass is 16.2. The second-order valence-corrected chi connectivity index (χ2v) is 5.84. The van der Waals surface area contributed by atoms with Crippen LogP contribution in [0.4, 0.5) is 0 Å². The Morgan fingerprint density at radius 1 is 1.29 bits per heavy atom. The van der Waals surface area contributed by atoms with Crippen LogP contribution in [0.1, 0.15) is 45.2 Å². The Bertz CT molecular complexity index is 642. The number of hydrogen-bond donors (Lipinski definition) is 2. The van der Waals surface area contributed by atoms with Gasteiger partial charge < -0.3 is 10.6 Å². The number of benzene rings is 1. The zero-order chi connectivity index (χ0) is 17.5. The Balaban J connectivity index is 0.00000100. The molecule has 1 aromatic heterocycles. The minimum atomic E-state index is -0.0313. The molecular formula is C19H28N4O. The minimum Gasteiger partial charge on any atom is -0.348 e. The fraction of sp³-hybridized carbons (Fsp3) is 0.474. The van der Waals surface area contributed by atoms with Crippen LogP contribution in [0.3, 0.4) is 0 Å². The maximum Gasteiger partial charge on any atom is 0.237 e. The molecule has 24 heavy (non-hydrogen) atoms. The van der Waals surface area contributed by atoms with Gasteiger partial charge in [-0.05, 0) is 43.5 Å². The summed E-state index contributed by atoms with van der Waals surface area (Å²) in [6.45, 7) is 6.96. The van der Waals surface area contributed by atoms with Crippen LogP contribution in [0.25, 0.3) is 11.3 Å². The van der Waals surface area contributed by atoms with Gasteiger partial charge in [-0.15, -0.1) is 0 Å². The van der Waals surface area contributed by atoms with E-state index in [4.69, 9.17) is 0 Å².